The van der Waals surface area contributed by atoms with Crippen LogP contribution >= 0.6 is 0 Å². The Morgan fingerprint density at radius 1 is 1.38 bits per heavy atom. The molecular weight excluding hydrogens is 306 g/mol. The van der Waals surface area contributed by atoms with E-state index in [0.717, 1.165) is 29.7 Å². The van der Waals surface area contributed by atoms with Gasteiger partial charge in [0.15, 0.2) is 0 Å². The Bertz CT molecular complexity index is 756. The molecule has 7 nitrogen and oxygen atoms in total. The smallest absolute Gasteiger partial charge is 0.407 e. The second-order valence-electron chi connectivity index (χ2n) is 7.05. The predicted octanol–water partition coefficient (Wildman–Crippen LogP) is 2.32. The van der Waals surface area contributed by atoms with Crippen LogP contribution in [0.3, 0.4) is 0 Å². The number of nitrogens with zero attached hydrogens (tertiary/aromatic N) is 3. The predicted molar refractivity (Wildman–Crippen MR) is 93.9 cm³/mol. The fraction of sp³-hybridized carbons (Fsp3) is 0.471. The van der Waals surface area contributed by atoms with Gasteiger partial charge >= 0.3 is 6.09 Å². The van der Waals surface area contributed by atoms with Crippen molar-refractivity contribution in [2.45, 2.75) is 38.8 Å². The zero-order valence-corrected chi connectivity index (χ0v) is 14.2. The lowest BCUT2D eigenvalue weighted by Gasteiger charge is -2.22. The van der Waals surface area contributed by atoms with Crippen LogP contribution in [-0.2, 0) is 4.74 Å². The van der Waals surface area contributed by atoms with E-state index >= 15 is 0 Å². The lowest BCUT2D eigenvalue weighted by molar-refractivity contribution is 0.0509. The molecule has 2 aromatic rings. The molecule has 3 rings (SSSR count). The summed E-state index contributed by atoms with van der Waals surface area (Å²) in [4.78, 5) is 22.8. The third-order valence-corrected chi connectivity index (χ3v) is 3.85. The Kier molecular flexibility index (Phi) is 4.17. The van der Waals surface area contributed by atoms with E-state index in [1.807, 2.05) is 39.0 Å². The van der Waals surface area contributed by atoms with Gasteiger partial charge in [-0.2, -0.15) is 0 Å². The van der Waals surface area contributed by atoms with E-state index in [-0.39, 0.29) is 12.1 Å². The average molecular weight is 329 g/mol. The van der Waals surface area contributed by atoms with Crippen molar-refractivity contribution in [1.29, 1.82) is 0 Å². The Morgan fingerprint density at radius 3 is 2.92 bits per heavy atom. The molecule has 1 aliphatic rings. The number of carbonyl (C=O) groups is 1. The highest BCUT2D eigenvalue weighted by molar-refractivity contribution is 5.91. The number of aromatic nitrogens is 2. The van der Waals surface area contributed by atoms with Gasteiger partial charge < -0.3 is 20.7 Å². The maximum Gasteiger partial charge on any atom is 0.407 e. The van der Waals surface area contributed by atoms with Gasteiger partial charge in [0.25, 0.3) is 0 Å². The second kappa shape index (κ2) is 6.14. The van der Waals surface area contributed by atoms with Gasteiger partial charge in [0, 0.05) is 24.2 Å². The Morgan fingerprint density at radius 2 is 2.17 bits per heavy atom. The number of nitrogens with two attached hydrogens (primary N) is 1. The molecule has 0 saturated carbocycles. The first kappa shape index (κ1) is 16.3. The standard InChI is InChI=1S/C17H23N5O2/c1-17(2,3)24-16(23)21-12-6-7-22(9-12)15-13-5-4-11(18)8-14(13)19-10-20-15/h4-5,8,10,12H,6-7,9,18H2,1-3H3,(H,21,23)/t12-/m1/s1. The van der Waals surface area contributed by atoms with E-state index in [1.54, 1.807) is 6.33 Å². The number of alkyl carbamates (subject to hydrolysis) is 1. The molecule has 3 N–H and O–H groups in total. The maximum atomic E-state index is 11.9. The van der Waals surface area contributed by atoms with Crippen LogP contribution in [0.4, 0.5) is 16.3 Å². The molecule has 1 amide bonds. The molecule has 2 heterocycles. The minimum atomic E-state index is -0.495. The van der Waals surface area contributed by atoms with Gasteiger partial charge in [-0.15, -0.1) is 0 Å². The molecule has 128 valence electrons. The molecule has 7 heteroatoms. The quantitative estimate of drug-likeness (QED) is 0.821. The number of nitrogens with one attached hydrogen (secondary N) is 1. The number of carbonyl (C=O) groups excluding carboxylic acids is 1. The number of hydrogen-bond donors (Lipinski definition) is 2. The van der Waals surface area contributed by atoms with Crippen molar-refractivity contribution in [3.05, 3.63) is 24.5 Å². The number of rotatable bonds is 2. The van der Waals surface area contributed by atoms with Gasteiger partial charge in [-0.05, 0) is 45.4 Å². The van der Waals surface area contributed by atoms with Crippen LogP contribution < -0.4 is 16.0 Å². The zero-order valence-electron chi connectivity index (χ0n) is 14.2. The fourth-order valence-electron chi connectivity index (χ4n) is 2.86. The van der Waals surface area contributed by atoms with E-state index in [0.29, 0.717) is 12.2 Å². The van der Waals surface area contributed by atoms with Gasteiger partial charge in [-0.3, -0.25) is 0 Å². The molecule has 1 aliphatic heterocycles. The SMILES string of the molecule is CC(C)(C)OC(=O)N[C@@H]1CCN(c2ncnc3cc(N)ccc23)C1. The molecule has 0 spiro atoms. The molecule has 0 aliphatic carbocycles. The molecule has 1 aromatic heterocycles. The first-order valence-corrected chi connectivity index (χ1v) is 8.06. The first-order valence-electron chi connectivity index (χ1n) is 8.06. The lowest BCUT2D eigenvalue weighted by Crippen LogP contribution is -2.40. The number of benzene rings is 1. The second-order valence-corrected chi connectivity index (χ2v) is 7.05. The molecule has 24 heavy (non-hydrogen) atoms. The summed E-state index contributed by atoms with van der Waals surface area (Å²) in [6, 6.07) is 5.67. The van der Waals surface area contributed by atoms with Crippen LogP contribution in [0.1, 0.15) is 27.2 Å². The van der Waals surface area contributed by atoms with Crippen molar-refractivity contribution >= 4 is 28.5 Å². The molecular formula is C17H23N5O2. The average Bonchev–Trinajstić information content (AvgIpc) is 2.92. The van der Waals surface area contributed by atoms with E-state index in [4.69, 9.17) is 10.5 Å². The number of anilines is 2. The summed E-state index contributed by atoms with van der Waals surface area (Å²) >= 11 is 0. The minimum absolute atomic E-state index is 0.0404. The summed E-state index contributed by atoms with van der Waals surface area (Å²) in [5.74, 6) is 0.869. The van der Waals surface area contributed by atoms with Gasteiger partial charge in [0.1, 0.15) is 17.7 Å². The summed E-state index contributed by atoms with van der Waals surface area (Å²) in [6.07, 6.45) is 2.01. The highest BCUT2D eigenvalue weighted by Gasteiger charge is 2.27. The summed E-state index contributed by atoms with van der Waals surface area (Å²) in [6.45, 7) is 7.07. The van der Waals surface area contributed by atoms with Crippen LogP contribution in [0.5, 0.6) is 0 Å². The topological polar surface area (TPSA) is 93.4 Å². The highest BCUT2D eigenvalue weighted by Crippen LogP contribution is 2.27. The zero-order chi connectivity index (χ0) is 17.3. The van der Waals surface area contributed by atoms with Crippen molar-refractivity contribution in [1.82, 2.24) is 15.3 Å². The third kappa shape index (κ3) is 3.67. The van der Waals surface area contributed by atoms with E-state index in [1.165, 1.54) is 0 Å². The summed E-state index contributed by atoms with van der Waals surface area (Å²) in [7, 11) is 0. The van der Waals surface area contributed by atoms with Crippen LogP contribution in [-0.4, -0.2) is 40.8 Å². The van der Waals surface area contributed by atoms with E-state index < -0.39 is 5.60 Å². The van der Waals surface area contributed by atoms with Crippen molar-refractivity contribution in [3.8, 4) is 0 Å². The number of hydrogen-bond acceptors (Lipinski definition) is 6. The van der Waals surface area contributed by atoms with Crippen molar-refractivity contribution in [3.63, 3.8) is 0 Å². The number of ether oxygens (including phenoxy) is 1. The Labute approximate surface area is 141 Å². The molecule has 1 fully saturated rings. The molecule has 1 aromatic carbocycles. The lowest BCUT2D eigenvalue weighted by atomic mass is 10.2. The van der Waals surface area contributed by atoms with Gasteiger partial charge in [-0.1, -0.05) is 0 Å². The molecule has 1 atom stereocenters. The molecule has 1 saturated heterocycles. The van der Waals surface area contributed by atoms with Crippen LogP contribution in [0, 0.1) is 0 Å². The fourth-order valence-corrected chi connectivity index (χ4v) is 2.86. The maximum absolute atomic E-state index is 11.9. The Balaban J connectivity index is 1.71. The van der Waals surface area contributed by atoms with Crippen molar-refractivity contribution < 1.29 is 9.53 Å². The summed E-state index contributed by atoms with van der Waals surface area (Å²) in [5.41, 5.74) is 6.83. The van der Waals surface area contributed by atoms with Crippen molar-refractivity contribution in [2.24, 2.45) is 0 Å². The van der Waals surface area contributed by atoms with E-state index in [9.17, 15) is 4.79 Å². The van der Waals surface area contributed by atoms with Gasteiger partial charge in [0.2, 0.25) is 0 Å². The van der Waals surface area contributed by atoms with Crippen LogP contribution in [0.2, 0.25) is 0 Å². The van der Waals surface area contributed by atoms with E-state index in [2.05, 4.69) is 20.2 Å². The summed E-state index contributed by atoms with van der Waals surface area (Å²) in [5, 5.41) is 3.89. The summed E-state index contributed by atoms with van der Waals surface area (Å²) < 4.78 is 5.32. The largest absolute Gasteiger partial charge is 0.444 e. The molecule has 0 bridgehead atoms. The number of nitrogen functional groups attached to an aromatic ring is 1. The van der Waals surface area contributed by atoms with Crippen molar-refractivity contribution in [2.75, 3.05) is 23.7 Å². The highest BCUT2D eigenvalue weighted by atomic mass is 16.6. The minimum Gasteiger partial charge on any atom is -0.444 e. The van der Waals surface area contributed by atoms with Gasteiger partial charge in [0.05, 0.1) is 11.6 Å². The Hall–Kier alpha value is -2.57. The number of fused-ring (bicyclic) bond motifs is 1. The van der Waals surface area contributed by atoms with Crippen LogP contribution in [0.25, 0.3) is 10.9 Å². The third-order valence-electron chi connectivity index (χ3n) is 3.85. The molecule has 0 radical (unpaired) electrons. The normalized spacial score (nSPS) is 18.0. The number of amides is 1. The van der Waals surface area contributed by atoms with Gasteiger partial charge in [-0.25, -0.2) is 14.8 Å². The van der Waals surface area contributed by atoms with Crippen LogP contribution in [0.15, 0.2) is 24.5 Å². The first-order chi connectivity index (χ1) is 11.3. The molecule has 0 unspecified atom stereocenters. The monoisotopic (exact) mass is 329 g/mol.